The van der Waals surface area contributed by atoms with Crippen LogP contribution in [0.3, 0.4) is 0 Å². The van der Waals surface area contributed by atoms with E-state index < -0.39 is 5.41 Å². The van der Waals surface area contributed by atoms with Crippen LogP contribution in [0.25, 0.3) is 0 Å². The van der Waals surface area contributed by atoms with Gasteiger partial charge in [-0.05, 0) is 32.3 Å². The molecular formula is C11H14O3. The van der Waals surface area contributed by atoms with Crippen LogP contribution in [0.4, 0.5) is 0 Å². The molecule has 3 nitrogen and oxygen atoms in total. The fourth-order valence-corrected chi connectivity index (χ4v) is 2.12. The molecule has 0 radical (unpaired) electrons. The quantitative estimate of drug-likeness (QED) is 0.554. The average molecular weight is 194 g/mol. The SMILES string of the molecule is CC1(C)C(=O)CCC2=C1OC(=O)CC2. The molecule has 0 bridgehead atoms. The summed E-state index contributed by atoms with van der Waals surface area (Å²) in [5.41, 5.74) is 0.568. The van der Waals surface area contributed by atoms with Crippen molar-refractivity contribution < 1.29 is 14.3 Å². The van der Waals surface area contributed by atoms with Crippen molar-refractivity contribution in [2.75, 3.05) is 0 Å². The molecule has 0 N–H and O–H groups in total. The molecule has 1 aliphatic carbocycles. The maximum Gasteiger partial charge on any atom is 0.311 e. The lowest BCUT2D eigenvalue weighted by Gasteiger charge is -2.34. The van der Waals surface area contributed by atoms with Gasteiger partial charge in [0.15, 0.2) is 0 Å². The first-order valence-electron chi connectivity index (χ1n) is 4.98. The molecule has 1 heterocycles. The second kappa shape index (κ2) is 2.94. The van der Waals surface area contributed by atoms with Crippen molar-refractivity contribution in [1.82, 2.24) is 0 Å². The number of allylic oxidation sites excluding steroid dienone is 2. The van der Waals surface area contributed by atoms with Gasteiger partial charge in [-0.3, -0.25) is 9.59 Å². The Balaban J connectivity index is 2.42. The van der Waals surface area contributed by atoms with Gasteiger partial charge < -0.3 is 4.74 Å². The Labute approximate surface area is 83.1 Å². The number of ether oxygens (including phenoxy) is 1. The van der Waals surface area contributed by atoms with Crippen molar-refractivity contribution in [3.05, 3.63) is 11.3 Å². The number of Topliss-reactive ketones (excluding diaryl/α,β-unsaturated/α-hetero) is 1. The van der Waals surface area contributed by atoms with Crippen LogP contribution in [0.15, 0.2) is 11.3 Å². The Morgan fingerprint density at radius 2 is 1.71 bits per heavy atom. The largest absolute Gasteiger partial charge is 0.430 e. The van der Waals surface area contributed by atoms with E-state index in [4.69, 9.17) is 4.74 Å². The molecule has 3 heteroatoms. The second-order valence-electron chi connectivity index (χ2n) is 4.45. The number of carbonyl (C=O) groups is 2. The Hall–Kier alpha value is -1.12. The summed E-state index contributed by atoms with van der Waals surface area (Å²) in [7, 11) is 0. The predicted molar refractivity (Wildman–Crippen MR) is 50.4 cm³/mol. The lowest BCUT2D eigenvalue weighted by atomic mass is 9.75. The van der Waals surface area contributed by atoms with E-state index in [1.54, 1.807) is 0 Å². The zero-order valence-electron chi connectivity index (χ0n) is 8.55. The first-order valence-corrected chi connectivity index (χ1v) is 4.98. The van der Waals surface area contributed by atoms with Crippen molar-refractivity contribution in [2.45, 2.75) is 39.5 Å². The van der Waals surface area contributed by atoms with Gasteiger partial charge in [0, 0.05) is 12.8 Å². The van der Waals surface area contributed by atoms with Gasteiger partial charge in [-0.25, -0.2) is 0 Å². The maximum atomic E-state index is 11.7. The summed E-state index contributed by atoms with van der Waals surface area (Å²) < 4.78 is 5.20. The van der Waals surface area contributed by atoms with Crippen LogP contribution in [-0.2, 0) is 14.3 Å². The molecule has 0 aromatic rings. The lowest BCUT2D eigenvalue weighted by molar-refractivity contribution is -0.145. The van der Waals surface area contributed by atoms with Gasteiger partial charge in [0.25, 0.3) is 0 Å². The summed E-state index contributed by atoms with van der Waals surface area (Å²) in [6.45, 7) is 3.67. The summed E-state index contributed by atoms with van der Waals surface area (Å²) in [4.78, 5) is 22.8. The van der Waals surface area contributed by atoms with Crippen LogP contribution in [0.1, 0.15) is 39.5 Å². The normalized spacial score (nSPS) is 25.9. The van der Waals surface area contributed by atoms with Crippen molar-refractivity contribution in [3.8, 4) is 0 Å². The molecule has 0 saturated carbocycles. The summed E-state index contributed by atoms with van der Waals surface area (Å²) in [6, 6.07) is 0. The van der Waals surface area contributed by atoms with E-state index in [0.717, 1.165) is 18.4 Å². The molecule has 0 aromatic carbocycles. The number of hydrogen-bond acceptors (Lipinski definition) is 3. The number of ketones is 1. The highest BCUT2D eigenvalue weighted by atomic mass is 16.5. The zero-order valence-corrected chi connectivity index (χ0v) is 8.55. The average Bonchev–Trinajstić information content (AvgIpc) is 2.13. The molecule has 0 atom stereocenters. The summed E-state index contributed by atoms with van der Waals surface area (Å²) in [6.07, 6.45) is 2.59. The fourth-order valence-electron chi connectivity index (χ4n) is 2.12. The first kappa shape index (κ1) is 9.44. The van der Waals surface area contributed by atoms with E-state index in [-0.39, 0.29) is 11.8 Å². The summed E-state index contributed by atoms with van der Waals surface area (Å²) >= 11 is 0. The molecule has 2 rings (SSSR count). The number of carbonyl (C=O) groups excluding carboxylic acids is 2. The molecule has 0 fully saturated rings. The Morgan fingerprint density at radius 3 is 2.43 bits per heavy atom. The maximum absolute atomic E-state index is 11.7. The molecule has 0 unspecified atom stereocenters. The van der Waals surface area contributed by atoms with E-state index in [0.29, 0.717) is 18.6 Å². The highest BCUT2D eigenvalue weighted by Gasteiger charge is 2.41. The van der Waals surface area contributed by atoms with Gasteiger partial charge in [-0.15, -0.1) is 0 Å². The highest BCUT2D eigenvalue weighted by molar-refractivity contribution is 5.89. The molecule has 76 valence electrons. The van der Waals surface area contributed by atoms with Crippen LogP contribution >= 0.6 is 0 Å². The standard InChI is InChI=1S/C11H14O3/c1-11(2)8(12)5-3-7-4-6-9(13)14-10(7)11/h3-6H2,1-2H3. The highest BCUT2D eigenvalue weighted by Crippen LogP contribution is 2.41. The third kappa shape index (κ3) is 1.27. The van der Waals surface area contributed by atoms with Gasteiger partial charge in [0.05, 0.1) is 5.41 Å². The smallest absolute Gasteiger partial charge is 0.311 e. The van der Waals surface area contributed by atoms with Crippen LogP contribution in [0, 0.1) is 5.41 Å². The fraction of sp³-hybridized carbons (Fsp3) is 0.636. The van der Waals surface area contributed by atoms with Crippen LogP contribution < -0.4 is 0 Å². The van der Waals surface area contributed by atoms with E-state index in [2.05, 4.69) is 0 Å². The molecule has 0 aromatic heterocycles. The molecule has 1 aliphatic heterocycles. The van der Waals surface area contributed by atoms with Crippen LogP contribution in [-0.4, -0.2) is 11.8 Å². The molecule has 14 heavy (non-hydrogen) atoms. The van der Waals surface area contributed by atoms with E-state index >= 15 is 0 Å². The zero-order chi connectivity index (χ0) is 10.3. The molecular weight excluding hydrogens is 180 g/mol. The van der Waals surface area contributed by atoms with Crippen LogP contribution in [0.2, 0.25) is 0 Å². The van der Waals surface area contributed by atoms with Crippen molar-refractivity contribution >= 4 is 11.8 Å². The van der Waals surface area contributed by atoms with Crippen molar-refractivity contribution in [2.24, 2.45) is 5.41 Å². The Bertz CT molecular complexity index is 332. The third-order valence-electron chi connectivity index (χ3n) is 3.09. The van der Waals surface area contributed by atoms with Gasteiger partial charge >= 0.3 is 5.97 Å². The second-order valence-corrected chi connectivity index (χ2v) is 4.45. The lowest BCUT2D eigenvalue weighted by Crippen LogP contribution is -2.35. The van der Waals surface area contributed by atoms with E-state index in [1.165, 1.54) is 0 Å². The number of rotatable bonds is 0. The van der Waals surface area contributed by atoms with E-state index in [1.807, 2.05) is 13.8 Å². The van der Waals surface area contributed by atoms with Gasteiger partial charge in [0.1, 0.15) is 11.5 Å². The van der Waals surface area contributed by atoms with Crippen molar-refractivity contribution in [1.29, 1.82) is 0 Å². The predicted octanol–water partition coefficient (Wildman–Crippen LogP) is 1.97. The molecule has 0 saturated heterocycles. The van der Waals surface area contributed by atoms with Gasteiger partial charge in [0.2, 0.25) is 0 Å². The van der Waals surface area contributed by atoms with E-state index in [9.17, 15) is 9.59 Å². The topological polar surface area (TPSA) is 43.4 Å². The Kier molecular flexibility index (Phi) is 1.98. The van der Waals surface area contributed by atoms with Gasteiger partial charge in [-0.1, -0.05) is 0 Å². The third-order valence-corrected chi connectivity index (χ3v) is 3.09. The summed E-state index contributed by atoms with van der Waals surface area (Å²) in [5.74, 6) is 0.600. The Morgan fingerprint density at radius 1 is 1.07 bits per heavy atom. The molecule has 2 aliphatic rings. The minimum Gasteiger partial charge on any atom is -0.430 e. The number of hydrogen-bond donors (Lipinski definition) is 0. The minimum absolute atomic E-state index is 0.172. The first-order chi connectivity index (χ1) is 6.51. The number of esters is 1. The summed E-state index contributed by atoms with van der Waals surface area (Å²) in [5, 5.41) is 0. The molecule has 0 spiro atoms. The molecule has 0 amide bonds. The van der Waals surface area contributed by atoms with Gasteiger partial charge in [-0.2, -0.15) is 0 Å². The monoisotopic (exact) mass is 194 g/mol. The van der Waals surface area contributed by atoms with Crippen LogP contribution in [0.5, 0.6) is 0 Å². The minimum atomic E-state index is -0.594. The van der Waals surface area contributed by atoms with Crippen molar-refractivity contribution in [3.63, 3.8) is 0 Å².